The quantitative estimate of drug-likeness (QED) is 0.815. The van der Waals surface area contributed by atoms with Crippen molar-refractivity contribution in [2.24, 2.45) is 0 Å². The van der Waals surface area contributed by atoms with Crippen molar-refractivity contribution in [2.75, 3.05) is 7.05 Å². The third-order valence-electron chi connectivity index (χ3n) is 2.15. The number of aromatic nitrogens is 3. The molecule has 0 radical (unpaired) electrons. The molecule has 0 spiro atoms. The molecule has 0 aliphatic heterocycles. The molecule has 2 aromatic rings. The SMILES string of the molecule is CNCc1cnn(-c2cc(C)ccn2)c1. The molecule has 0 bridgehead atoms. The Morgan fingerprint density at radius 3 is 3.07 bits per heavy atom. The molecule has 2 rings (SSSR count). The van der Waals surface area contributed by atoms with E-state index in [1.807, 2.05) is 38.5 Å². The van der Waals surface area contributed by atoms with Gasteiger partial charge in [-0.15, -0.1) is 0 Å². The van der Waals surface area contributed by atoms with E-state index in [2.05, 4.69) is 15.4 Å². The molecule has 0 aliphatic carbocycles. The van der Waals surface area contributed by atoms with Gasteiger partial charge in [0.05, 0.1) is 6.20 Å². The Kier molecular flexibility index (Phi) is 2.78. The molecule has 0 amide bonds. The average Bonchev–Trinajstić information content (AvgIpc) is 2.67. The zero-order valence-corrected chi connectivity index (χ0v) is 8.94. The van der Waals surface area contributed by atoms with Gasteiger partial charge in [0.2, 0.25) is 0 Å². The van der Waals surface area contributed by atoms with Crippen LogP contribution in [0.15, 0.2) is 30.7 Å². The summed E-state index contributed by atoms with van der Waals surface area (Å²) < 4.78 is 1.79. The van der Waals surface area contributed by atoms with Crippen molar-refractivity contribution in [3.63, 3.8) is 0 Å². The van der Waals surface area contributed by atoms with E-state index in [9.17, 15) is 0 Å². The second-order valence-electron chi connectivity index (χ2n) is 3.51. The highest BCUT2D eigenvalue weighted by atomic mass is 15.3. The zero-order valence-electron chi connectivity index (χ0n) is 8.94. The van der Waals surface area contributed by atoms with Gasteiger partial charge in [0, 0.05) is 24.5 Å². The fraction of sp³-hybridized carbons (Fsp3) is 0.273. The van der Waals surface area contributed by atoms with Gasteiger partial charge in [0.1, 0.15) is 0 Å². The Hall–Kier alpha value is -1.68. The van der Waals surface area contributed by atoms with E-state index in [1.54, 1.807) is 10.9 Å². The molecule has 0 saturated heterocycles. The summed E-state index contributed by atoms with van der Waals surface area (Å²) in [5, 5.41) is 7.35. The van der Waals surface area contributed by atoms with Gasteiger partial charge in [-0.2, -0.15) is 5.10 Å². The van der Waals surface area contributed by atoms with Gasteiger partial charge < -0.3 is 5.32 Å². The molecule has 15 heavy (non-hydrogen) atoms. The third-order valence-corrected chi connectivity index (χ3v) is 2.15. The van der Waals surface area contributed by atoms with Crippen LogP contribution < -0.4 is 5.32 Å². The van der Waals surface area contributed by atoms with Crippen molar-refractivity contribution in [1.82, 2.24) is 20.1 Å². The van der Waals surface area contributed by atoms with E-state index in [0.717, 1.165) is 17.9 Å². The van der Waals surface area contributed by atoms with Gasteiger partial charge >= 0.3 is 0 Å². The number of hydrogen-bond acceptors (Lipinski definition) is 3. The molecule has 2 heterocycles. The molecular weight excluding hydrogens is 188 g/mol. The largest absolute Gasteiger partial charge is 0.316 e. The first-order chi connectivity index (χ1) is 7.29. The van der Waals surface area contributed by atoms with Crippen LogP contribution in [0.4, 0.5) is 0 Å². The third kappa shape index (κ3) is 2.22. The zero-order chi connectivity index (χ0) is 10.7. The van der Waals surface area contributed by atoms with Crippen molar-refractivity contribution < 1.29 is 0 Å². The van der Waals surface area contributed by atoms with Gasteiger partial charge in [-0.3, -0.25) is 0 Å². The molecule has 0 saturated carbocycles. The second kappa shape index (κ2) is 4.23. The van der Waals surface area contributed by atoms with E-state index in [0.29, 0.717) is 0 Å². The Morgan fingerprint density at radius 1 is 1.47 bits per heavy atom. The van der Waals surface area contributed by atoms with Crippen molar-refractivity contribution in [3.8, 4) is 5.82 Å². The molecule has 0 aromatic carbocycles. The number of aryl methyl sites for hydroxylation is 1. The van der Waals surface area contributed by atoms with E-state index < -0.39 is 0 Å². The highest BCUT2D eigenvalue weighted by Crippen LogP contribution is 2.06. The number of nitrogens with one attached hydrogen (secondary N) is 1. The van der Waals surface area contributed by atoms with Gasteiger partial charge in [-0.25, -0.2) is 9.67 Å². The molecule has 1 N–H and O–H groups in total. The molecule has 0 aliphatic rings. The van der Waals surface area contributed by atoms with E-state index >= 15 is 0 Å². The van der Waals surface area contributed by atoms with Crippen LogP contribution in [0, 0.1) is 6.92 Å². The molecular formula is C11H14N4. The number of nitrogens with zero attached hydrogens (tertiary/aromatic N) is 3. The monoisotopic (exact) mass is 202 g/mol. The minimum atomic E-state index is 0.825. The molecule has 2 aromatic heterocycles. The summed E-state index contributed by atoms with van der Waals surface area (Å²) in [6.45, 7) is 2.87. The first-order valence-electron chi connectivity index (χ1n) is 4.91. The topological polar surface area (TPSA) is 42.7 Å². The van der Waals surface area contributed by atoms with Crippen LogP contribution in [-0.2, 0) is 6.54 Å². The van der Waals surface area contributed by atoms with Gasteiger partial charge in [-0.1, -0.05) is 0 Å². The standard InChI is InChI=1S/C11H14N4/c1-9-3-4-13-11(5-9)15-8-10(6-12-2)7-14-15/h3-5,7-8,12H,6H2,1-2H3. The highest BCUT2D eigenvalue weighted by molar-refractivity contribution is 5.26. The van der Waals surface area contributed by atoms with Gasteiger partial charge in [0.25, 0.3) is 0 Å². The van der Waals surface area contributed by atoms with Crippen LogP contribution in [0.3, 0.4) is 0 Å². The van der Waals surface area contributed by atoms with Gasteiger partial charge in [0.15, 0.2) is 5.82 Å². The fourth-order valence-corrected chi connectivity index (χ4v) is 1.43. The minimum absolute atomic E-state index is 0.825. The summed E-state index contributed by atoms with van der Waals surface area (Å²) >= 11 is 0. The summed E-state index contributed by atoms with van der Waals surface area (Å²) in [6.07, 6.45) is 5.63. The van der Waals surface area contributed by atoms with Crippen LogP contribution in [0.25, 0.3) is 5.82 Å². The molecule has 4 heteroatoms. The fourth-order valence-electron chi connectivity index (χ4n) is 1.43. The van der Waals surface area contributed by atoms with Crippen molar-refractivity contribution >= 4 is 0 Å². The second-order valence-corrected chi connectivity index (χ2v) is 3.51. The number of hydrogen-bond donors (Lipinski definition) is 1. The summed E-state index contributed by atoms with van der Waals surface area (Å²) in [4.78, 5) is 4.26. The molecule has 0 fully saturated rings. The van der Waals surface area contributed by atoms with Crippen LogP contribution in [0.5, 0.6) is 0 Å². The molecule has 4 nitrogen and oxygen atoms in total. The lowest BCUT2D eigenvalue weighted by molar-refractivity contribution is 0.813. The Bertz CT molecular complexity index is 447. The van der Waals surface area contributed by atoms with Crippen LogP contribution >= 0.6 is 0 Å². The predicted octanol–water partition coefficient (Wildman–Crippen LogP) is 1.30. The predicted molar refractivity (Wildman–Crippen MR) is 58.9 cm³/mol. The molecule has 0 unspecified atom stereocenters. The van der Waals surface area contributed by atoms with E-state index in [-0.39, 0.29) is 0 Å². The van der Waals surface area contributed by atoms with Crippen molar-refractivity contribution in [3.05, 3.63) is 41.9 Å². The van der Waals surface area contributed by atoms with Crippen LogP contribution in [0.2, 0.25) is 0 Å². The Balaban J connectivity index is 2.29. The average molecular weight is 202 g/mol. The maximum atomic E-state index is 4.26. The van der Waals surface area contributed by atoms with Crippen molar-refractivity contribution in [2.45, 2.75) is 13.5 Å². The number of pyridine rings is 1. The van der Waals surface area contributed by atoms with Crippen LogP contribution in [-0.4, -0.2) is 21.8 Å². The molecule has 0 atom stereocenters. The van der Waals surface area contributed by atoms with E-state index in [4.69, 9.17) is 0 Å². The summed E-state index contributed by atoms with van der Waals surface area (Å²) in [5.41, 5.74) is 2.34. The Labute approximate surface area is 89.0 Å². The first-order valence-corrected chi connectivity index (χ1v) is 4.91. The van der Waals surface area contributed by atoms with Gasteiger partial charge in [-0.05, 0) is 31.7 Å². The normalized spacial score (nSPS) is 10.5. The summed E-state index contributed by atoms with van der Waals surface area (Å²) in [6, 6.07) is 3.98. The first kappa shape index (κ1) is 9.86. The molecule has 78 valence electrons. The summed E-state index contributed by atoms with van der Waals surface area (Å²) in [5.74, 6) is 0.859. The maximum Gasteiger partial charge on any atom is 0.153 e. The lowest BCUT2D eigenvalue weighted by Gasteiger charge is -2.00. The highest BCUT2D eigenvalue weighted by Gasteiger charge is 2.00. The minimum Gasteiger partial charge on any atom is -0.316 e. The summed E-state index contributed by atoms with van der Waals surface area (Å²) in [7, 11) is 1.92. The van der Waals surface area contributed by atoms with Crippen LogP contribution in [0.1, 0.15) is 11.1 Å². The number of rotatable bonds is 3. The smallest absolute Gasteiger partial charge is 0.153 e. The van der Waals surface area contributed by atoms with Crippen molar-refractivity contribution in [1.29, 1.82) is 0 Å². The lowest BCUT2D eigenvalue weighted by atomic mass is 10.3. The Morgan fingerprint density at radius 2 is 2.33 bits per heavy atom. The lowest BCUT2D eigenvalue weighted by Crippen LogP contribution is -2.04. The maximum absolute atomic E-state index is 4.26. The van der Waals surface area contributed by atoms with E-state index in [1.165, 1.54) is 5.56 Å².